The number of halogens is 1. The van der Waals surface area contributed by atoms with Crippen LogP contribution in [0.2, 0.25) is 0 Å². The molecule has 1 aromatic rings. The molecule has 0 aliphatic carbocycles. The molecule has 0 aliphatic heterocycles. The molecule has 1 aromatic carbocycles. The second-order valence-electron chi connectivity index (χ2n) is 2.29. The van der Waals surface area contributed by atoms with Gasteiger partial charge in [0, 0.05) is 0 Å². The van der Waals surface area contributed by atoms with Gasteiger partial charge in [0.05, 0.1) is 17.3 Å². The number of hydrogen-bond acceptors (Lipinski definition) is 4. The topological polar surface area (TPSA) is 62.4 Å². The molecule has 0 aromatic heterocycles. The number of methoxy groups -OCH3 is 1. The van der Waals surface area contributed by atoms with Gasteiger partial charge in [-0.15, -0.1) is 0 Å². The smallest absolute Gasteiger partial charge is 0.240 e. The van der Waals surface area contributed by atoms with Gasteiger partial charge in [0.15, 0.2) is 5.75 Å². The van der Waals surface area contributed by atoms with Crippen molar-refractivity contribution in [2.45, 2.75) is 0 Å². The van der Waals surface area contributed by atoms with E-state index in [2.05, 4.69) is 20.9 Å². The fraction of sp³-hybridized carbons (Fsp3) is 0.111. The van der Waals surface area contributed by atoms with Crippen LogP contribution in [0.4, 0.5) is 5.69 Å². The summed E-state index contributed by atoms with van der Waals surface area (Å²) in [6.07, 6.45) is 1.38. The maximum atomic E-state index is 10.1. The van der Waals surface area contributed by atoms with Crippen LogP contribution in [0.25, 0.3) is 0 Å². The minimum atomic E-state index is 0.213. The van der Waals surface area contributed by atoms with Crippen molar-refractivity contribution in [3.8, 4) is 11.8 Å². The Bertz CT molecular complexity index is 445. The fourth-order valence-corrected chi connectivity index (χ4v) is 1.49. The van der Waals surface area contributed by atoms with Crippen LogP contribution < -0.4 is 4.74 Å². The molecule has 0 aliphatic rings. The summed E-state index contributed by atoms with van der Waals surface area (Å²) in [6.45, 7) is 0. The molecule has 0 fully saturated rings. The highest BCUT2D eigenvalue weighted by atomic mass is 79.9. The Balaban J connectivity index is 3.50. The van der Waals surface area contributed by atoms with E-state index < -0.39 is 0 Å². The van der Waals surface area contributed by atoms with Crippen LogP contribution in [0, 0.1) is 11.3 Å². The lowest BCUT2D eigenvalue weighted by molar-refractivity contribution is 0.411. The Morgan fingerprint density at radius 3 is 2.79 bits per heavy atom. The third-order valence-electron chi connectivity index (χ3n) is 1.57. The van der Waals surface area contributed by atoms with Gasteiger partial charge in [-0.2, -0.15) is 10.3 Å². The lowest BCUT2D eigenvalue weighted by Gasteiger charge is -2.05. The van der Waals surface area contributed by atoms with E-state index in [0.717, 1.165) is 0 Å². The summed E-state index contributed by atoms with van der Waals surface area (Å²) in [5, 5.41) is 8.84. The van der Waals surface area contributed by atoms with Crippen molar-refractivity contribution in [2.24, 2.45) is 4.99 Å². The van der Waals surface area contributed by atoms with Crippen LogP contribution in [0.5, 0.6) is 5.75 Å². The van der Waals surface area contributed by atoms with Crippen LogP contribution in [0.3, 0.4) is 0 Å². The van der Waals surface area contributed by atoms with Crippen molar-refractivity contribution in [3.63, 3.8) is 0 Å². The van der Waals surface area contributed by atoms with E-state index >= 15 is 0 Å². The number of rotatable bonds is 2. The average Bonchev–Trinajstić information content (AvgIpc) is 2.20. The summed E-state index contributed by atoms with van der Waals surface area (Å²) < 4.78 is 5.63. The number of ether oxygens (including phenoxy) is 1. The number of carbonyl (C=O) groups excluding carboxylic acids is 1. The standard InChI is InChI=1S/C9H5BrN2O2/c1-14-9-6(4-11)8(12-5-13)3-2-7(9)10/h2-3H,1H3. The molecule has 0 heterocycles. The Hall–Kier alpha value is -1.63. The lowest BCUT2D eigenvalue weighted by Crippen LogP contribution is -1.89. The Morgan fingerprint density at radius 2 is 2.29 bits per heavy atom. The summed E-state index contributed by atoms with van der Waals surface area (Å²) in [5.74, 6) is 0.365. The van der Waals surface area contributed by atoms with Gasteiger partial charge in [-0.25, -0.2) is 4.79 Å². The van der Waals surface area contributed by atoms with Gasteiger partial charge in [0.2, 0.25) is 6.08 Å². The lowest BCUT2D eigenvalue weighted by atomic mass is 10.2. The maximum absolute atomic E-state index is 10.1. The largest absolute Gasteiger partial charge is 0.494 e. The molecule has 0 unspecified atom stereocenters. The minimum absolute atomic E-state index is 0.213. The predicted molar refractivity (Wildman–Crippen MR) is 53.2 cm³/mol. The molecule has 0 atom stereocenters. The minimum Gasteiger partial charge on any atom is -0.494 e. The molecule has 0 saturated carbocycles. The van der Waals surface area contributed by atoms with Crippen molar-refractivity contribution in [3.05, 3.63) is 22.2 Å². The van der Waals surface area contributed by atoms with E-state index in [4.69, 9.17) is 10.00 Å². The number of hydrogen-bond donors (Lipinski definition) is 0. The number of nitriles is 1. The first kappa shape index (κ1) is 10.5. The SMILES string of the molecule is COc1c(Br)ccc(N=C=O)c1C#N. The molecule has 5 heteroatoms. The van der Waals surface area contributed by atoms with Gasteiger partial charge < -0.3 is 4.74 Å². The van der Waals surface area contributed by atoms with Gasteiger partial charge >= 0.3 is 0 Å². The van der Waals surface area contributed by atoms with E-state index in [9.17, 15) is 4.79 Å². The van der Waals surface area contributed by atoms with Gasteiger partial charge in [-0.05, 0) is 28.1 Å². The average molecular weight is 253 g/mol. The maximum Gasteiger partial charge on any atom is 0.240 e. The van der Waals surface area contributed by atoms with E-state index in [1.54, 1.807) is 6.07 Å². The zero-order valence-corrected chi connectivity index (χ0v) is 8.83. The fourth-order valence-electron chi connectivity index (χ4n) is 0.997. The quantitative estimate of drug-likeness (QED) is 0.600. The summed E-state index contributed by atoms with van der Waals surface area (Å²) in [7, 11) is 1.44. The zero-order chi connectivity index (χ0) is 10.6. The normalized spacial score (nSPS) is 8.64. The summed E-state index contributed by atoms with van der Waals surface area (Å²) in [4.78, 5) is 13.5. The van der Waals surface area contributed by atoms with Crippen molar-refractivity contribution >= 4 is 27.7 Å². The number of aliphatic imine (C=N–C) groups is 1. The van der Waals surface area contributed by atoms with Crippen LogP contribution in [-0.4, -0.2) is 13.2 Å². The molecule has 0 radical (unpaired) electrons. The molecule has 1 rings (SSSR count). The Kier molecular flexibility index (Phi) is 3.41. The van der Waals surface area contributed by atoms with Gasteiger partial charge in [0.1, 0.15) is 11.6 Å². The second kappa shape index (κ2) is 4.56. The number of isocyanates is 1. The first-order valence-corrected chi connectivity index (χ1v) is 4.38. The Labute approximate surface area is 89.0 Å². The number of nitrogens with zero attached hydrogens (tertiary/aromatic N) is 2. The summed E-state index contributed by atoms with van der Waals surface area (Å²) in [6, 6.07) is 5.10. The van der Waals surface area contributed by atoms with Gasteiger partial charge in [-0.3, -0.25) is 0 Å². The van der Waals surface area contributed by atoms with E-state index in [0.29, 0.717) is 10.2 Å². The first-order valence-electron chi connectivity index (χ1n) is 3.59. The van der Waals surface area contributed by atoms with Crippen molar-refractivity contribution < 1.29 is 9.53 Å². The van der Waals surface area contributed by atoms with Crippen LogP contribution >= 0.6 is 15.9 Å². The first-order chi connectivity index (χ1) is 6.74. The molecule has 0 amide bonds. The van der Waals surface area contributed by atoms with Crippen molar-refractivity contribution in [1.82, 2.24) is 0 Å². The van der Waals surface area contributed by atoms with Crippen LogP contribution in [0.1, 0.15) is 5.56 Å². The highest BCUT2D eigenvalue weighted by Gasteiger charge is 2.11. The van der Waals surface area contributed by atoms with Crippen molar-refractivity contribution in [2.75, 3.05) is 7.11 Å². The van der Waals surface area contributed by atoms with Gasteiger partial charge in [0.25, 0.3) is 0 Å². The zero-order valence-electron chi connectivity index (χ0n) is 7.24. The van der Waals surface area contributed by atoms with E-state index in [1.807, 2.05) is 6.07 Å². The molecule has 0 N–H and O–H groups in total. The third-order valence-corrected chi connectivity index (χ3v) is 2.19. The van der Waals surface area contributed by atoms with Crippen LogP contribution in [-0.2, 0) is 4.79 Å². The summed E-state index contributed by atoms with van der Waals surface area (Å²) >= 11 is 3.22. The van der Waals surface area contributed by atoms with E-state index in [-0.39, 0.29) is 11.3 Å². The molecule has 0 bridgehead atoms. The highest BCUT2D eigenvalue weighted by Crippen LogP contribution is 2.34. The van der Waals surface area contributed by atoms with Crippen molar-refractivity contribution in [1.29, 1.82) is 5.26 Å². The summed E-state index contributed by atoms with van der Waals surface area (Å²) in [5.41, 5.74) is 0.466. The van der Waals surface area contributed by atoms with Crippen LogP contribution in [0.15, 0.2) is 21.6 Å². The van der Waals surface area contributed by atoms with E-state index in [1.165, 1.54) is 19.3 Å². The molecule has 14 heavy (non-hydrogen) atoms. The third kappa shape index (κ3) is 1.82. The predicted octanol–water partition coefficient (Wildman–Crippen LogP) is 2.30. The molecule has 70 valence electrons. The number of benzene rings is 1. The molecular weight excluding hydrogens is 248 g/mol. The second-order valence-corrected chi connectivity index (χ2v) is 3.14. The molecule has 0 spiro atoms. The Morgan fingerprint density at radius 1 is 1.57 bits per heavy atom. The molecule has 4 nitrogen and oxygen atoms in total. The molecular formula is C9H5BrN2O2. The van der Waals surface area contributed by atoms with Gasteiger partial charge in [-0.1, -0.05) is 0 Å². The highest BCUT2D eigenvalue weighted by molar-refractivity contribution is 9.10. The molecule has 0 saturated heterocycles. The monoisotopic (exact) mass is 252 g/mol.